The van der Waals surface area contributed by atoms with Crippen LogP contribution in [-0.2, 0) is 9.59 Å². The molecule has 7 nitrogen and oxygen atoms in total. The average Bonchev–Trinajstić information content (AvgIpc) is 2.28. The second-order valence-corrected chi connectivity index (χ2v) is 4.06. The van der Waals surface area contributed by atoms with Gasteiger partial charge in [-0.25, -0.2) is 4.79 Å². The molecule has 3 N–H and O–H groups in total. The van der Waals surface area contributed by atoms with Gasteiger partial charge in [0.2, 0.25) is 5.91 Å². The minimum absolute atomic E-state index is 0.126. The molecule has 0 saturated heterocycles. The van der Waals surface area contributed by atoms with E-state index in [9.17, 15) is 14.4 Å². The number of hydrogen-bond acceptors (Lipinski definition) is 3. The van der Waals surface area contributed by atoms with Gasteiger partial charge in [0.05, 0.1) is 5.92 Å². The zero-order valence-corrected chi connectivity index (χ0v) is 11.0. The fraction of sp³-hybridized carbons (Fsp3) is 0.727. The summed E-state index contributed by atoms with van der Waals surface area (Å²) in [4.78, 5) is 34.5. The Morgan fingerprint density at radius 3 is 2.39 bits per heavy atom. The molecule has 0 heterocycles. The van der Waals surface area contributed by atoms with Crippen LogP contribution in [0, 0.1) is 5.92 Å². The maximum absolute atomic E-state index is 11.5. The van der Waals surface area contributed by atoms with E-state index in [2.05, 4.69) is 10.6 Å². The smallest absolute Gasteiger partial charge is 0.317 e. The van der Waals surface area contributed by atoms with E-state index < -0.39 is 11.9 Å². The van der Waals surface area contributed by atoms with Gasteiger partial charge in [-0.05, 0) is 6.92 Å². The molecule has 0 radical (unpaired) electrons. The number of hydrogen-bond donors (Lipinski definition) is 3. The van der Waals surface area contributed by atoms with Crippen LogP contribution in [0.1, 0.15) is 20.3 Å². The van der Waals surface area contributed by atoms with Crippen LogP contribution in [0.15, 0.2) is 0 Å². The molecule has 0 spiro atoms. The zero-order valence-electron chi connectivity index (χ0n) is 11.0. The van der Waals surface area contributed by atoms with Crippen LogP contribution in [0.5, 0.6) is 0 Å². The maximum Gasteiger partial charge on any atom is 0.317 e. The number of rotatable bonds is 7. The Balaban J connectivity index is 3.88. The normalized spacial score (nSPS) is 11.5. The van der Waals surface area contributed by atoms with E-state index in [0.717, 1.165) is 0 Å². The topological polar surface area (TPSA) is 98.7 Å². The van der Waals surface area contributed by atoms with Crippen LogP contribution in [0.2, 0.25) is 0 Å². The Morgan fingerprint density at radius 2 is 1.89 bits per heavy atom. The summed E-state index contributed by atoms with van der Waals surface area (Å²) in [6.45, 7) is 4.26. The van der Waals surface area contributed by atoms with Crippen LogP contribution in [0.3, 0.4) is 0 Å². The van der Waals surface area contributed by atoms with Gasteiger partial charge in [-0.1, -0.05) is 6.92 Å². The van der Waals surface area contributed by atoms with Crippen LogP contribution in [0.25, 0.3) is 0 Å². The standard InChI is InChI=1S/C11H21N3O4/c1-4-12-9(15)5-6-13-11(18)14(3)7-8(2)10(16)17/h8H,4-7H2,1-3H3,(H,12,15)(H,13,18)(H,16,17). The number of carbonyl (C=O) groups excluding carboxylic acids is 2. The number of aliphatic carboxylic acids is 1. The first-order chi connectivity index (χ1) is 8.38. The molecule has 1 unspecified atom stereocenters. The van der Waals surface area contributed by atoms with E-state index in [0.29, 0.717) is 6.54 Å². The van der Waals surface area contributed by atoms with Crippen molar-refractivity contribution in [1.82, 2.24) is 15.5 Å². The molecule has 3 amide bonds. The Morgan fingerprint density at radius 1 is 1.28 bits per heavy atom. The fourth-order valence-electron chi connectivity index (χ4n) is 1.28. The van der Waals surface area contributed by atoms with E-state index in [-0.39, 0.29) is 31.4 Å². The Bertz CT molecular complexity index is 307. The molecule has 0 bridgehead atoms. The Hall–Kier alpha value is -1.79. The third kappa shape index (κ3) is 6.72. The molecule has 0 saturated carbocycles. The highest BCUT2D eigenvalue weighted by Crippen LogP contribution is 1.98. The molecule has 104 valence electrons. The minimum atomic E-state index is -0.947. The van der Waals surface area contributed by atoms with Gasteiger partial charge in [0.25, 0.3) is 0 Å². The highest BCUT2D eigenvalue weighted by molar-refractivity contribution is 5.78. The van der Waals surface area contributed by atoms with Crippen molar-refractivity contribution in [2.24, 2.45) is 5.92 Å². The summed E-state index contributed by atoms with van der Waals surface area (Å²) in [5.74, 6) is -1.69. The van der Waals surface area contributed by atoms with Crippen molar-refractivity contribution in [3.63, 3.8) is 0 Å². The first kappa shape index (κ1) is 16.2. The molecular formula is C11H21N3O4. The van der Waals surface area contributed by atoms with Crippen molar-refractivity contribution in [3.8, 4) is 0 Å². The molecule has 0 aliphatic carbocycles. The second kappa shape index (κ2) is 8.32. The largest absolute Gasteiger partial charge is 0.481 e. The first-order valence-electron chi connectivity index (χ1n) is 5.87. The van der Waals surface area contributed by atoms with E-state index >= 15 is 0 Å². The average molecular weight is 259 g/mol. The lowest BCUT2D eigenvalue weighted by molar-refractivity contribution is -0.141. The van der Waals surface area contributed by atoms with Gasteiger partial charge in [-0.15, -0.1) is 0 Å². The van der Waals surface area contributed by atoms with Crippen molar-refractivity contribution < 1.29 is 19.5 Å². The van der Waals surface area contributed by atoms with Crippen molar-refractivity contribution >= 4 is 17.9 Å². The summed E-state index contributed by atoms with van der Waals surface area (Å²) in [6, 6.07) is -0.382. The third-order valence-corrected chi connectivity index (χ3v) is 2.32. The van der Waals surface area contributed by atoms with Gasteiger partial charge in [0.1, 0.15) is 0 Å². The van der Waals surface area contributed by atoms with Gasteiger partial charge < -0.3 is 20.6 Å². The molecule has 0 aliphatic heterocycles. The summed E-state index contributed by atoms with van der Waals surface area (Å²) in [6.07, 6.45) is 0.210. The van der Waals surface area contributed by atoms with Crippen LogP contribution in [0.4, 0.5) is 4.79 Å². The highest BCUT2D eigenvalue weighted by atomic mass is 16.4. The highest BCUT2D eigenvalue weighted by Gasteiger charge is 2.16. The van der Waals surface area contributed by atoms with Gasteiger partial charge in [-0.2, -0.15) is 0 Å². The SMILES string of the molecule is CCNC(=O)CCNC(=O)N(C)CC(C)C(=O)O. The predicted octanol–water partition coefficient (Wildman–Crippen LogP) is -0.125. The van der Waals surface area contributed by atoms with Gasteiger partial charge in [0, 0.05) is 33.1 Å². The van der Waals surface area contributed by atoms with Crippen LogP contribution < -0.4 is 10.6 Å². The lowest BCUT2D eigenvalue weighted by Crippen LogP contribution is -2.42. The number of nitrogens with one attached hydrogen (secondary N) is 2. The zero-order chi connectivity index (χ0) is 14.1. The fourth-order valence-corrected chi connectivity index (χ4v) is 1.28. The number of nitrogens with zero attached hydrogens (tertiary/aromatic N) is 1. The second-order valence-electron chi connectivity index (χ2n) is 4.06. The van der Waals surface area contributed by atoms with E-state index in [1.165, 1.54) is 18.9 Å². The van der Waals surface area contributed by atoms with E-state index in [1.807, 2.05) is 6.92 Å². The third-order valence-electron chi connectivity index (χ3n) is 2.32. The maximum atomic E-state index is 11.5. The molecule has 0 aromatic carbocycles. The van der Waals surface area contributed by atoms with Crippen molar-refractivity contribution in [1.29, 1.82) is 0 Å². The van der Waals surface area contributed by atoms with Gasteiger partial charge >= 0.3 is 12.0 Å². The molecule has 0 aliphatic rings. The van der Waals surface area contributed by atoms with E-state index in [1.54, 1.807) is 0 Å². The minimum Gasteiger partial charge on any atom is -0.481 e. The molecule has 0 fully saturated rings. The molecule has 18 heavy (non-hydrogen) atoms. The van der Waals surface area contributed by atoms with Crippen molar-refractivity contribution in [2.75, 3.05) is 26.7 Å². The van der Waals surface area contributed by atoms with Crippen LogP contribution in [-0.4, -0.2) is 54.6 Å². The molecular weight excluding hydrogens is 238 g/mol. The summed E-state index contributed by atoms with van der Waals surface area (Å²) >= 11 is 0. The Labute approximate surface area is 107 Å². The quantitative estimate of drug-likeness (QED) is 0.593. The molecule has 0 rings (SSSR count). The first-order valence-corrected chi connectivity index (χ1v) is 5.87. The van der Waals surface area contributed by atoms with Gasteiger partial charge in [0.15, 0.2) is 0 Å². The lowest BCUT2D eigenvalue weighted by Gasteiger charge is -2.19. The summed E-state index contributed by atoms with van der Waals surface area (Å²) in [7, 11) is 1.51. The molecule has 1 atom stereocenters. The molecule has 0 aromatic heterocycles. The predicted molar refractivity (Wildman–Crippen MR) is 66.1 cm³/mol. The van der Waals surface area contributed by atoms with Gasteiger partial charge in [-0.3, -0.25) is 9.59 Å². The van der Waals surface area contributed by atoms with Crippen molar-refractivity contribution in [2.45, 2.75) is 20.3 Å². The summed E-state index contributed by atoms with van der Waals surface area (Å²) in [5.41, 5.74) is 0. The number of urea groups is 1. The Kier molecular flexibility index (Phi) is 7.50. The summed E-state index contributed by atoms with van der Waals surface area (Å²) < 4.78 is 0. The lowest BCUT2D eigenvalue weighted by atomic mass is 10.2. The molecule has 7 heteroatoms. The number of carbonyl (C=O) groups is 3. The number of amides is 3. The molecule has 0 aromatic rings. The number of carboxylic acids is 1. The van der Waals surface area contributed by atoms with Crippen molar-refractivity contribution in [3.05, 3.63) is 0 Å². The monoisotopic (exact) mass is 259 g/mol. The van der Waals surface area contributed by atoms with E-state index in [4.69, 9.17) is 5.11 Å². The summed E-state index contributed by atoms with van der Waals surface area (Å²) in [5, 5.41) is 13.9. The van der Waals surface area contributed by atoms with Crippen LogP contribution >= 0.6 is 0 Å². The number of carboxylic acid groups (broad SMARTS) is 1.